The second-order valence-corrected chi connectivity index (χ2v) is 11.1. The van der Waals surface area contributed by atoms with E-state index in [9.17, 15) is 4.79 Å². The number of carbonyl (C=O) groups excluding carboxylic acids is 1. The fourth-order valence-corrected chi connectivity index (χ4v) is 5.96. The van der Waals surface area contributed by atoms with Crippen molar-refractivity contribution in [3.8, 4) is 11.1 Å². The maximum atomic E-state index is 15.4. The van der Waals surface area contributed by atoms with Gasteiger partial charge in [0.1, 0.15) is 11.9 Å². The Morgan fingerprint density at radius 3 is 2.61 bits per heavy atom. The fourth-order valence-electron chi connectivity index (χ4n) is 5.96. The van der Waals surface area contributed by atoms with E-state index in [1.807, 2.05) is 18.2 Å². The molecule has 6 rings (SSSR count). The molecular formula is C28H35FN2O2. The highest BCUT2D eigenvalue weighted by Crippen LogP contribution is 2.47. The summed E-state index contributed by atoms with van der Waals surface area (Å²) in [6.45, 7) is 11.6. The highest BCUT2D eigenvalue weighted by molar-refractivity contribution is 5.71. The Hall–Kier alpha value is -2.40. The molecule has 3 aliphatic heterocycles. The molecule has 176 valence electrons. The number of amides is 1. The number of halogens is 1. The van der Waals surface area contributed by atoms with Gasteiger partial charge in [-0.2, -0.15) is 0 Å². The van der Waals surface area contributed by atoms with Crippen LogP contribution in [0.4, 0.5) is 9.18 Å². The Morgan fingerprint density at radius 1 is 1.18 bits per heavy atom. The molecule has 2 atom stereocenters. The molecule has 4 aliphatic rings. The molecule has 3 fully saturated rings. The molecule has 0 spiro atoms. The summed E-state index contributed by atoms with van der Waals surface area (Å²) in [5, 5.41) is 3.10. The molecule has 5 heteroatoms. The van der Waals surface area contributed by atoms with Crippen molar-refractivity contribution in [2.24, 2.45) is 11.3 Å². The van der Waals surface area contributed by atoms with Crippen molar-refractivity contribution in [2.75, 3.05) is 19.6 Å². The van der Waals surface area contributed by atoms with Crippen LogP contribution in [0.15, 0.2) is 36.4 Å². The molecular weight excluding hydrogens is 415 g/mol. The van der Waals surface area contributed by atoms with Crippen LogP contribution in [0.2, 0.25) is 0 Å². The Bertz CT molecular complexity index is 1060. The average molecular weight is 451 g/mol. The van der Waals surface area contributed by atoms with Crippen LogP contribution in [-0.2, 0) is 11.2 Å². The fraction of sp³-hybridized carbons (Fsp3) is 0.536. The first-order valence-corrected chi connectivity index (χ1v) is 12.3. The maximum Gasteiger partial charge on any atom is 0.407 e. The number of piperidine rings is 3. The van der Waals surface area contributed by atoms with Crippen LogP contribution in [0.3, 0.4) is 0 Å². The van der Waals surface area contributed by atoms with Crippen LogP contribution >= 0.6 is 0 Å². The summed E-state index contributed by atoms with van der Waals surface area (Å²) in [5.74, 6) is 0.605. The van der Waals surface area contributed by atoms with Gasteiger partial charge in [0.05, 0.1) is 6.04 Å². The minimum Gasteiger partial charge on any atom is -0.445 e. The van der Waals surface area contributed by atoms with Gasteiger partial charge in [-0.1, -0.05) is 52.0 Å². The summed E-state index contributed by atoms with van der Waals surface area (Å²) < 4.78 is 21.2. The van der Waals surface area contributed by atoms with Gasteiger partial charge in [0, 0.05) is 12.1 Å². The molecule has 1 amide bonds. The monoisotopic (exact) mass is 450 g/mol. The van der Waals surface area contributed by atoms with Gasteiger partial charge in [-0.05, 0) is 84.0 Å². The maximum absolute atomic E-state index is 15.4. The molecule has 3 saturated heterocycles. The quantitative estimate of drug-likeness (QED) is 0.616. The van der Waals surface area contributed by atoms with E-state index in [0.717, 1.165) is 55.6 Å². The predicted octanol–water partition coefficient (Wildman–Crippen LogP) is 6.06. The molecule has 3 heterocycles. The van der Waals surface area contributed by atoms with Crippen molar-refractivity contribution < 1.29 is 13.9 Å². The lowest BCUT2D eigenvalue weighted by atomic mass is 9.85. The number of carbonyl (C=O) groups is 1. The molecule has 2 bridgehead atoms. The summed E-state index contributed by atoms with van der Waals surface area (Å²) in [7, 11) is 0. The zero-order valence-corrected chi connectivity index (χ0v) is 20.2. The lowest BCUT2D eigenvalue weighted by Gasteiger charge is -2.44. The zero-order valence-electron chi connectivity index (χ0n) is 20.2. The van der Waals surface area contributed by atoms with Crippen LogP contribution in [0, 0.1) is 17.2 Å². The standard InChI is InChI=1S/C28H35FN2O2/c1-17(2)19-6-5-7-20(12-19)22-13-21-15-28(3,4)26(23(21)14-24(22)29)30-27(32)33-25-16-31-10-8-18(25)9-11-31/h5-7,12-14,17-18,25-26H,8-11,15-16H2,1-4H3,(H,30,32)/t25-,26?/m0/s1. The van der Waals surface area contributed by atoms with Crippen molar-refractivity contribution in [1.82, 2.24) is 10.2 Å². The molecule has 1 unspecified atom stereocenters. The van der Waals surface area contributed by atoms with Crippen molar-refractivity contribution >= 4 is 6.09 Å². The van der Waals surface area contributed by atoms with E-state index in [2.05, 4.69) is 50.0 Å². The third kappa shape index (κ3) is 4.28. The third-order valence-electron chi connectivity index (χ3n) is 7.95. The smallest absolute Gasteiger partial charge is 0.407 e. The molecule has 4 nitrogen and oxygen atoms in total. The minimum atomic E-state index is -0.381. The molecule has 33 heavy (non-hydrogen) atoms. The van der Waals surface area contributed by atoms with Gasteiger partial charge < -0.3 is 10.1 Å². The molecule has 0 radical (unpaired) electrons. The Kier molecular flexibility index (Phi) is 5.72. The van der Waals surface area contributed by atoms with Crippen LogP contribution in [-0.4, -0.2) is 36.7 Å². The first kappa shape index (κ1) is 22.4. The number of hydrogen-bond acceptors (Lipinski definition) is 3. The highest BCUT2D eigenvalue weighted by atomic mass is 19.1. The molecule has 2 aromatic carbocycles. The molecule has 1 aliphatic carbocycles. The number of nitrogens with one attached hydrogen (secondary N) is 1. The van der Waals surface area contributed by atoms with E-state index in [1.165, 1.54) is 5.56 Å². The summed E-state index contributed by atoms with van der Waals surface area (Å²) in [4.78, 5) is 15.2. The predicted molar refractivity (Wildman–Crippen MR) is 129 cm³/mol. The van der Waals surface area contributed by atoms with E-state index in [1.54, 1.807) is 6.07 Å². The molecule has 2 aromatic rings. The zero-order chi connectivity index (χ0) is 23.3. The number of nitrogens with zero attached hydrogens (tertiary/aromatic N) is 1. The van der Waals surface area contributed by atoms with E-state index in [4.69, 9.17) is 4.74 Å². The van der Waals surface area contributed by atoms with Gasteiger partial charge in [-0.3, -0.25) is 4.90 Å². The minimum absolute atomic E-state index is 0.0381. The van der Waals surface area contributed by atoms with E-state index >= 15 is 4.39 Å². The topological polar surface area (TPSA) is 41.6 Å². The second kappa shape index (κ2) is 8.43. The normalized spacial score (nSPS) is 27.5. The van der Waals surface area contributed by atoms with Gasteiger partial charge >= 0.3 is 6.09 Å². The molecule has 0 saturated carbocycles. The Morgan fingerprint density at radius 2 is 1.94 bits per heavy atom. The number of hydrogen-bond donors (Lipinski definition) is 1. The first-order chi connectivity index (χ1) is 15.7. The number of alkyl carbamates (subject to hydrolysis) is 1. The third-order valence-corrected chi connectivity index (χ3v) is 7.95. The number of rotatable bonds is 4. The number of fused-ring (bicyclic) bond motifs is 4. The van der Waals surface area contributed by atoms with E-state index in [0.29, 0.717) is 17.4 Å². The molecule has 0 aromatic heterocycles. The van der Waals surface area contributed by atoms with Crippen LogP contribution in [0.1, 0.15) is 69.2 Å². The summed E-state index contributed by atoms with van der Waals surface area (Å²) in [6, 6.07) is 11.5. The Balaban J connectivity index is 1.37. The van der Waals surface area contributed by atoms with Gasteiger partial charge in [0.15, 0.2) is 0 Å². The SMILES string of the molecule is CC(C)c1cccc(-c2cc3c(cc2F)C(NC(=O)O[C@H]2CN4CCC2CC4)C(C)(C)C3)c1. The summed E-state index contributed by atoms with van der Waals surface area (Å²) in [6.07, 6.45) is 2.56. The van der Waals surface area contributed by atoms with Crippen molar-refractivity contribution in [2.45, 2.75) is 65.0 Å². The van der Waals surface area contributed by atoms with Crippen LogP contribution in [0.5, 0.6) is 0 Å². The molecule has 1 N–H and O–H groups in total. The number of ether oxygens (including phenoxy) is 1. The summed E-state index contributed by atoms with van der Waals surface area (Å²) in [5.41, 5.74) is 4.47. The van der Waals surface area contributed by atoms with E-state index < -0.39 is 0 Å². The largest absolute Gasteiger partial charge is 0.445 e. The second-order valence-electron chi connectivity index (χ2n) is 11.1. The van der Waals surface area contributed by atoms with Crippen molar-refractivity contribution in [3.05, 3.63) is 58.9 Å². The average Bonchev–Trinajstić information content (AvgIpc) is 3.03. The number of benzene rings is 2. The van der Waals surface area contributed by atoms with Gasteiger partial charge in [-0.25, -0.2) is 9.18 Å². The van der Waals surface area contributed by atoms with E-state index in [-0.39, 0.29) is 29.5 Å². The highest BCUT2D eigenvalue weighted by Gasteiger charge is 2.42. The lowest BCUT2D eigenvalue weighted by Crippen LogP contribution is -2.53. The van der Waals surface area contributed by atoms with Crippen molar-refractivity contribution in [3.63, 3.8) is 0 Å². The first-order valence-electron chi connectivity index (χ1n) is 12.3. The van der Waals surface area contributed by atoms with Crippen LogP contribution < -0.4 is 5.32 Å². The lowest BCUT2D eigenvalue weighted by molar-refractivity contribution is -0.0349. The summed E-state index contributed by atoms with van der Waals surface area (Å²) >= 11 is 0. The van der Waals surface area contributed by atoms with Gasteiger partial charge in [0.25, 0.3) is 0 Å². The van der Waals surface area contributed by atoms with Crippen molar-refractivity contribution in [1.29, 1.82) is 0 Å². The van der Waals surface area contributed by atoms with Gasteiger partial charge in [-0.15, -0.1) is 0 Å². The van der Waals surface area contributed by atoms with Crippen LogP contribution in [0.25, 0.3) is 11.1 Å². The van der Waals surface area contributed by atoms with Gasteiger partial charge in [0.2, 0.25) is 0 Å². The Labute approximate surface area is 196 Å².